The zero-order valence-electron chi connectivity index (χ0n) is 20.7. The maximum Gasteiger partial charge on any atom is 0.319 e. The van der Waals surface area contributed by atoms with Crippen molar-refractivity contribution in [2.24, 2.45) is 5.73 Å². The van der Waals surface area contributed by atoms with E-state index in [1.165, 1.54) is 0 Å². The van der Waals surface area contributed by atoms with Crippen molar-refractivity contribution in [2.45, 2.75) is 38.8 Å². The number of nitrogens with two attached hydrogens (primary N) is 1. The summed E-state index contributed by atoms with van der Waals surface area (Å²) in [6.45, 7) is 5.69. The molecule has 0 aliphatic carbocycles. The van der Waals surface area contributed by atoms with Crippen LogP contribution in [0.1, 0.15) is 43.6 Å². The molecule has 10 heteroatoms. The normalized spacial score (nSPS) is 15.0. The first kappa shape index (κ1) is 25.2. The highest BCUT2D eigenvalue weighted by molar-refractivity contribution is 5.95. The monoisotopic (exact) mass is 491 g/mol. The molecule has 0 saturated carbocycles. The SMILES string of the molecule is CCOC(=O)CN[C@@](C)(C(=O)N1CCCC1)c1ccc2nc(CNc3ccc(C(=N)N)cc3)[nH]c2c1. The van der Waals surface area contributed by atoms with Gasteiger partial charge in [0.1, 0.15) is 17.2 Å². The van der Waals surface area contributed by atoms with Crippen LogP contribution in [0.4, 0.5) is 5.69 Å². The molecule has 6 N–H and O–H groups in total. The van der Waals surface area contributed by atoms with Crippen LogP contribution in [0.15, 0.2) is 42.5 Å². The number of esters is 1. The molecule has 0 bridgehead atoms. The predicted molar refractivity (Wildman–Crippen MR) is 139 cm³/mol. The molecule has 1 aromatic heterocycles. The van der Waals surface area contributed by atoms with Crippen LogP contribution in [-0.4, -0.2) is 58.8 Å². The summed E-state index contributed by atoms with van der Waals surface area (Å²) >= 11 is 0. The second kappa shape index (κ2) is 10.8. The van der Waals surface area contributed by atoms with Gasteiger partial charge in [0.15, 0.2) is 0 Å². The Kier molecular flexibility index (Phi) is 7.54. The number of nitrogen functional groups attached to an aromatic ring is 1. The van der Waals surface area contributed by atoms with Gasteiger partial charge >= 0.3 is 5.97 Å². The molecule has 0 radical (unpaired) electrons. The van der Waals surface area contributed by atoms with Gasteiger partial charge in [0, 0.05) is 24.3 Å². The van der Waals surface area contributed by atoms with E-state index in [1.54, 1.807) is 19.1 Å². The van der Waals surface area contributed by atoms with Crippen molar-refractivity contribution in [3.05, 3.63) is 59.4 Å². The lowest BCUT2D eigenvalue weighted by Crippen LogP contribution is -2.54. The van der Waals surface area contributed by atoms with Crippen LogP contribution in [-0.2, 0) is 26.4 Å². The number of nitrogens with zero attached hydrogens (tertiary/aromatic N) is 2. The third kappa shape index (κ3) is 5.49. The number of nitrogens with one attached hydrogen (secondary N) is 4. The van der Waals surface area contributed by atoms with E-state index >= 15 is 0 Å². The molecule has 2 heterocycles. The quantitative estimate of drug-likeness (QED) is 0.166. The van der Waals surface area contributed by atoms with Gasteiger partial charge in [-0.3, -0.25) is 20.3 Å². The lowest BCUT2D eigenvalue weighted by molar-refractivity contribution is -0.143. The van der Waals surface area contributed by atoms with Gasteiger partial charge in [0.25, 0.3) is 0 Å². The summed E-state index contributed by atoms with van der Waals surface area (Å²) in [6, 6.07) is 13.0. The number of amidine groups is 1. The first-order valence-electron chi connectivity index (χ1n) is 12.2. The van der Waals surface area contributed by atoms with Crippen molar-refractivity contribution in [3.63, 3.8) is 0 Å². The highest BCUT2D eigenvalue weighted by atomic mass is 16.5. The molecule has 1 aliphatic rings. The maximum absolute atomic E-state index is 13.6. The molecule has 36 heavy (non-hydrogen) atoms. The fraction of sp³-hybridized carbons (Fsp3) is 0.385. The summed E-state index contributed by atoms with van der Waals surface area (Å²) < 4.78 is 5.07. The number of ether oxygens (including phenoxy) is 1. The van der Waals surface area contributed by atoms with E-state index in [2.05, 4.69) is 20.6 Å². The van der Waals surface area contributed by atoms with Crippen molar-refractivity contribution in [1.82, 2.24) is 20.2 Å². The van der Waals surface area contributed by atoms with Gasteiger partial charge in [-0.1, -0.05) is 6.07 Å². The number of anilines is 1. The van der Waals surface area contributed by atoms with Crippen molar-refractivity contribution in [2.75, 3.05) is 31.6 Å². The molecule has 1 aliphatic heterocycles. The largest absolute Gasteiger partial charge is 0.465 e. The highest BCUT2D eigenvalue weighted by Gasteiger charge is 2.39. The van der Waals surface area contributed by atoms with Crippen LogP contribution in [0.5, 0.6) is 0 Å². The minimum absolute atomic E-state index is 0.0293. The summed E-state index contributed by atoms with van der Waals surface area (Å²) in [4.78, 5) is 35.5. The minimum Gasteiger partial charge on any atom is -0.465 e. The Bertz CT molecular complexity index is 1250. The van der Waals surface area contributed by atoms with E-state index in [-0.39, 0.29) is 24.9 Å². The Hall–Kier alpha value is -3.92. The first-order chi connectivity index (χ1) is 17.3. The van der Waals surface area contributed by atoms with Crippen molar-refractivity contribution in [3.8, 4) is 0 Å². The van der Waals surface area contributed by atoms with Crippen LogP contribution in [0.25, 0.3) is 11.0 Å². The Morgan fingerprint density at radius 3 is 2.58 bits per heavy atom. The molecule has 0 spiro atoms. The van der Waals surface area contributed by atoms with Crippen molar-refractivity contribution >= 4 is 34.4 Å². The molecular weight excluding hydrogens is 458 g/mol. The average Bonchev–Trinajstić information content (AvgIpc) is 3.55. The number of hydrogen-bond donors (Lipinski definition) is 5. The summed E-state index contributed by atoms with van der Waals surface area (Å²) in [5.41, 5.74) is 8.30. The number of fused-ring (bicyclic) bond motifs is 1. The molecule has 3 aromatic rings. The lowest BCUT2D eigenvalue weighted by Gasteiger charge is -2.33. The molecular formula is C26H33N7O3. The van der Waals surface area contributed by atoms with Gasteiger partial charge in [0.05, 0.1) is 30.7 Å². The maximum atomic E-state index is 13.6. The van der Waals surface area contributed by atoms with E-state index in [9.17, 15) is 9.59 Å². The molecule has 0 unspecified atom stereocenters. The number of likely N-dealkylation sites (tertiary alicyclic amines) is 1. The molecule has 10 nitrogen and oxygen atoms in total. The fourth-order valence-corrected chi connectivity index (χ4v) is 4.41. The summed E-state index contributed by atoms with van der Waals surface area (Å²) in [5.74, 6) is 0.316. The van der Waals surface area contributed by atoms with E-state index < -0.39 is 11.5 Å². The Morgan fingerprint density at radius 2 is 1.92 bits per heavy atom. The number of hydrogen-bond acceptors (Lipinski definition) is 7. The molecule has 1 amide bonds. The average molecular weight is 492 g/mol. The van der Waals surface area contributed by atoms with E-state index in [0.717, 1.165) is 41.0 Å². The summed E-state index contributed by atoms with van der Waals surface area (Å²) in [5, 5.41) is 14.0. The number of carbonyl (C=O) groups excluding carboxylic acids is 2. The third-order valence-electron chi connectivity index (χ3n) is 6.48. The van der Waals surface area contributed by atoms with E-state index in [0.29, 0.717) is 25.2 Å². The molecule has 1 saturated heterocycles. The number of H-pyrrole nitrogens is 1. The zero-order valence-corrected chi connectivity index (χ0v) is 20.7. The van der Waals surface area contributed by atoms with Crippen LogP contribution < -0.4 is 16.4 Å². The topological polar surface area (TPSA) is 149 Å². The van der Waals surface area contributed by atoms with Gasteiger partial charge in [-0.15, -0.1) is 0 Å². The number of aromatic amines is 1. The van der Waals surface area contributed by atoms with E-state index in [4.69, 9.17) is 15.9 Å². The highest BCUT2D eigenvalue weighted by Crippen LogP contribution is 2.28. The van der Waals surface area contributed by atoms with Gasteiger partial charge in [-0.05, 0) is 68.7 Å². The van der Waals surface area contributed by atoms with Crippen LogP contribution in [0.3, 0.4) is 0 Å². The molecule has 4 rings (SSSR count). The van der Waals surface area contributed by atoms with Crippen LogP contribution in [0.2, 0.25) is 0 Å². The second-order valence-electron chi connectivity index (χ2n) is 9.04. The first-order valence-corrected chi connectivity index (χ1v) is 12.2. The second-order valence-corrected chi connectivity index (χ2v) is 9.04. The Morgan fingerprint density at radius 1 is 1.19 bits per heavy atom. The van der Waals surface area contributed by atoms with Gasteiger partial charge in [-0.25, -0.2) is 4.98 Å². The third-order valence-corrected chi connectivity index (χ3v) is 6.48. The van der Waals surface area contributed by atoms with E-state index in [1.807, 2.05) is 42.2 Å². The zero-order chi connectivity index (χ0) is 25.7. The standard InChI is InChI=1S/C26H33N7O3/c1-3-36-23(34)16-30-26(2,25(35)33-12-4-5-13-33)18-8-11-20-21(14-18)32-22(31-20)15-29-19-9-6-17(7-10-19)24(27)28/h6-11,14,29-30H,3-5,12-13,15-16H2,1-2H3,(H3,27,28)(H,31,32)/t26-/m1/s1. The number of rotatable bonds is 10. The molecule has 2 aromatic carbocycles. The van der Waals surface area contributed by atoms with Gasteiger partial charge < -0.3 is 25.7 Å². The summed E-state index contributed by atoms with van der Waals surface area (Å²) in [6.07, 6.45) is 1.96. The number of amides is 1. The van der Waals surface area contributed by atoms with Gasteiger partial charge in [0.2, 0.25) is 5.91 Å². The number of aromatic nitrogens is 2. The van der Waals surface area contributed by atoms with Crippen LogP contribution in [0, 0.1) is 5.41 Å². The molecule has 190 valence electrons. The number of carbonyl (C=O) groups is 2. The fourth-order valence-electron chi connectivity index (χ4n) is 4.41. The van der Waals surface area contributed by atoms with Gasteiger partial charge in [-0.2, -0.15) is 0 Å². The van der Waals surface area contributed by atoms with Crippen molar-refractivity contribution in [1.29, 1.82) is 5.41 Å². The smallest absolute Gasteiger partial charge is 0.319 e. The lowest BCUT2D eigenvalue weighted by atomic mass is 9.89. The van der Waals surface area contributed by atoms with Crippen LogP contribution >= 0.6 is 0 Å². The Labute approximate surface area is 210 Å². The minimum atomic E-state index is -1.09. The number of imidazole rings is 1. The van der Waals surface area contributed by atoms with Crippen molar-refractivity contribution < 1.29 is 14.3 Å². The Balaban J connectivity index is 1.54. The number of benzene rings is 2. The predicted octanol–water partition coefficient (Wildman–Crippen LogP) is 2.45. The molecule has 1 fully saturated rings. The summed E-state index contributed by atoms with van der Waals surface area (Å²) in [7, 11) is 0. The molecule has 1 atom stereocenters.